The summed E-state index contributed by atoms with van der Waals surface area (Å²) in [7, 11) is 0. The standard InChI is InChI=1S/C15H20N2O/c1-3-18-14-6-8-17(9-7-14)15-5-4-13(11-16)10-12(15)2/h4-5,10,14H,3,6-9H2,1-2H3. The zero-order valence-corrected chi connectivity index (χ0v) is 11.1. The maximum Gasteiger partial charge on any atom is 0.0991 e. The van der Waals surface area contributed by atoms with Crippen LogP contribution >= 0.6 is 0 Å². The van der Waals surface area contributed by atoms with E-state index in [9.17, 15) is 0 Å². The largest absolute Gasteiger partial charge is 0.378 e. The highest BCUT2D eigenvalue weighted by Crippen LogP contribution is 2.25. The van der Waals surface area contributed by atoms with Crippen molar-refractivity contribution in [2.75, 3.05) is 24.6 Å². The second-order valence-corrected chi connectivity index (χ2v) is 4.75. The molecule has 2 rings (SSSR count). The smallest absolute Gasteiger partial charge is 0.0991 e. The number of rotatable bonds is 3. The molecule has 0 bridgehead atoms. The molecule has 1 aromatic rings. The summed E-state index contributed by atoms with van der Waals surface area (Å²) < 4.78 is 5.66. The minimum atomic E-state index is 0.421. The molecule has 1 heterocycles. The normalized spacial score (nSPS) is 16.6. The zero-order chi connectivity index (χ0) is 13.0. The molecule has 18 heavy (non-hydrogen) atoms. The number of aryl methyl sites for hydroxylation is 1. The van der Waals surface area contributed by atoms with Crippen LogP contribution in [0.5, 0.6) is 0 Å². The predicted molar refractivity (Wildman–Crippen MR) is 72.8 cm³/mol. The third-order valence-electron chi connectivity index (χ3n) is 3.51. The third-order valence-corrected chi connectivity index (χ3v) is 3.51. The van der Waals surface area contributed by atoms with Gasteiger partial charge in [0.05, 0.1) is 17.7 Å². The number of nitriles is 1. The van der Waals surface area contributed by atoms with Crippen LogP contribution < -0.4 is 4.90 Å². The van der Waals surface area contributed by atoms with Crippen LogP contribution in [0.3, 0.4) is 0 Å². The van der Waals surface area contributed by atoms with Gasteiger partial charge in [0.15, 0.2) is 0 Å². The highest BCUT2D eigenvalue weighted by molar-refractivity contribution is 5.56. The van der Waals surface area contributed by atoms with Gasteiger partial charge in [-0.05, 0) is 50.5 Å². The summed E-state index contributed by atoms with van der Waals surface area (Å²) in [4.78, 5) is 2.39. The van der Waals surface area contributed by atoms with E-state index in [0.29, 0.717) is 6.10 Å². The van der Waals surface area contributed by atoms with Crippen LogP contribution in [0.4, 0.5) is 5.69 Å². The molecule has 0 N–H and O–H groups in total. The average molecular weight is 244 g/mol. The average Bonchev–Trinajstić information content (AvgIpc) is 2.40. The van der Waals surface area contributed by atoms with E-state index in [0.717, 1.165) is 38.1 Å². The van der Waals surface area contributed by atoms with Crippen molar-refractivity contribution in [3.8, 4) is 6.07 Å². The molecule has 0 saturated carbocycles. The lowest BCUT2D eigenvalue weighted by Gasteiger charge is -2.34. The predicted octanol–water partition coefficient (Wildman–Crippen LogP) is 2.87. The summed E-state index contributed by atoms with van der Waals surface area (Å²) in [6, 6.07) is 8.11. The molecular formula is C15H20N2O. The fourth-order valence-corrected chi connectivity index (χ4v) is 2.58. The summed E-state index contributed by atoms with van der Waals surface area (Å²) >= 11 is 0. The molecule has 0 radical (unpaired) electrons. The van der Waals surface area contributed by atoms with Gasteiger partial charge in [-0.15, -0.1) is 0 Å². The van der Waals surface area contributed by atoms with E-state index in [2.05, 4.69) is 30.9 Å². The Morgan fingerprint density at radius 1 is 1.39 bits per heavy atom. The summed E-state index contributed by atoms with van der Waals surface area (Å²) in [5.74, 6) is 0. The van der Waals surface area contributed by atoms with Crippen LogP contribution in [-0.4, -0.2) is 25.8 Å². The molecule has 1 fully saturated rings. The fraction of sp³-hybridized carbons (Fsp3) is 0.533. The first-order valence-corrected chi connectivity index (χ1v) is 6.62. The van der Waals surface area contributed by atoms with Crippen molar-refractivity contribution in [3.63, 3.8) is 0 Å². The Morgan fingerprint density at radius 2 is 2.11 bits per heavy atom. The van der Waals surface area contributed by atoms with Crippen molar-refractivity contribution < 1.29 is 4.74 Å². The van der Waals surface area contributed by atoms with Crippen LogP contribution in [0.2, 0.25) is 0 Å². The molecule has 1 saturated heterocycles. The molecule has 96 valence electrons. The quantitative estimate of drug-likeness (QED) is 0.820. The van der Waals surface area contributed by atoms with Gasteiger partial charge in [0.25, 0.3) is 0 Å². The van der Waals surface area contributed by atoms with Crippen LogP contribution in [0.1, 0.15) is 30.9 Å². The molecule has 0 atom stereocenters. The molecule has 3 nitrogen and oxygen atoms in total. The highest BCUT2D eigenvalue weighted by Gasteiger charge is 2.20. The first-order valence-electron chi connectivity index (χ1n) is 6.62. The molecule has 0 aromatic heterocycles. The lowest BCUT2D eigenvalue weighted by Crippen LogP contribution is -2.37. The summed E-state index contributed by atoms with van der Waals surface area (Å²) in [6.45, 7) is 7.01. The topological polar surface area (TPSA) is 36.3 Å². The van der Waals surface area contributed by atoms with E-state index in [-0.39, 0.29) is 0 Å². The Balaban J connectivity index is 2.04. The van der Waals surface area contributed by atoms with Gasteiger partial charge >= 0.3 is 0 Å². The number of hydrogen-bond donors (Lipinski definition) is 0. The lowest BCUT2D eigenvalue weighted by molar-refractivity contribution is 0.0459. The molecule has 1 aromatic carbocycles. The van der Waals surface area contributed by atoms with Crippen LogP contribution in [0, 0.1) is 18.3 Å². The van der Waals surface area contributed by atoms with Gasteiger partial charge in [-0.2, -0.15) is 5.26 Å². The number of hydrogen-bond acceptors (Lipinski definition) is 3. The van der Waals surface area contributed by atoms with Gasteiger partial charge < -0.3 is 9.64 Å². The van der Waals surface area contributed by atoms with Crippen molar-refractivity contribution in [3.05, 3.63) is 29.3 Å². The SMILES string of the molecule is CCOC1CCN(c2ccc(C#N)cc2C)CC1. The maximum absolute atomic E-state index is 8.88. The van der Waals surface area contributed by atoms with E-state index in [1.54, 1.807) is 0 Å². The van der Waals surface area contributed by atoms with Crippen molar-refractivity contribution in [2.45, 2.75) is 32.8 Å². The summed E-state index contributed by atoms with van der Waals surface area (Å²) in [5.41, 5.74) is 3.17. The minimum absolute atomic E-state index is 0.421. The third kappa shape index (κ3) is 2.83. The van der Waals surface area contributed by atoms with E-state index in [1.807, 2.05) is 12.1 Å². The fourth-order valence-electron chi connectivity index (χ4n) is 2.58. The van der Waals surface area contributed by atoms with Gasteiger partial charge in [-0.1, -0.05) is 0 Å². The van der Waals surface area contributed by atoms with Crippen LogP contribution in [0.15, 0.2) is 18.2 Å². The van der Waals surface area contributed by atoms with Gasteiger partial charge in [-0.25, -0.2) is 0 Å². The first-order chi connectivity index (χ1) is 8.74. The molecule has 0 amide bonds. The Kier molecular flexibility index (Phi) is 4.22. The van der Waals surface area contributed by atoms with Crippen molar-refractivity contribution >= 4 is 5.69 Å². The van der Waals surface area contributed by atoms with E-state index in [1.165, 1.54) is 11.3 Å². The molecule has 0 aliphatic carbocycles. The maximum atomic E-state index is 8.88. The van der Waals surface area contributed by atoms with Crippen LogP contribution in [-0.2, 0) is 4.74 Å². The Morgan fingerprint density at radius 3 is 2.67 bits per heavy atom. The van der Waals surface area contributed by atoms with Gasteiger partial charge in [-0.3, -0.25) is 0 Å². The van der Waals surface area contributed by atoms with Crippen LogP contribution in [0.25, 0.3) is 0 Å². The summed E-state index contributed by atoms with van der Waals surface area (Å²) in [5, 5.41) is 8.88. The molecule has 0 spiro atoms. The highest BCUT2D eigenvalue weighted by atomic mass is 16.5. The van der Waals surface area contributed by atoms with E-state index >= 15 is 0 Å². The second-order valence-electron chi connectivity index (χ2n) is 4.75. The monoisotopic (exact) mass is 244 g/mol. The summed E-state index contributed by atoms with van der Waals surface area (Å²) in [6.07, 6.45) is 2.60. The molecule has 1 aliphatic rings. The van der Waals surface area contributed by atoms with E-state index in [4.69, 9.17) is 10.00 Å². The molecule has 1 aliphatic heterocycles. The number of benzene rings is 1. The molecular weight excluding hydrogens is 224 g/mol. The van der Waals surface area contributed by atoms with Gasteiger partial charge in [0.2, 0.25) is 0 Å². The molecule has 0 unspecified atom stereocenters. The van der Waals surface area contributed by atoms with Gasteiger partial charge in [0.1, 0.15) is 0 Å². The Hall–Kier alpha value is -1.53. The second kappa shape index (κ2) is 5.88. The zero-order valence-electron chi connectivity index (χ0n) is 11.1. The van der Waals surface area contributed by atoms with Crippen molar-refractivity contribution in [1.82, 2.24) is 0 Å². The minimum Gasteiger partial charge on any atom is -0.378 e. The number of piperidine rings is 1. The number of ether oxygens (including phenoxy) is 1. The van der Waals surface area contributed by atoms with E-state index < -0.39 is 0 Å². The van der Waals surface area contributed by atoms with Gasteiger partial charge in [0, 0.05) is 25.4 Å². The Bertz CT molecular complexity index is 442. The molecule has 3 heteroatoms. The van der Waals surface area contributed by atoms with Crippen molar-refractivity contribution in [1.29, 1.82) is 5.26 Å². The number of anilines is 1. The first kappa shape index (κ1) is 12.9. The lowest BCUT2D eigenvalue weighted by atomic mass is 10.0. The number of nitrogens with zero attached hydrogens (tertiary/aromatic N) is 2. The Labute approximate surface area is 109 Å². The van der Waals surface area contributed by atoms with Crippen molar-refractivity contribution in [2.24, 2.45) is 0 Å².